The summed E-state index contributed by atoms with van der Waals surface area (Å²) in [6.07, 6.45) is 0.923. The summed E-state index contributed by atoms with van der Waals surface area (Å²) in [5.41, 5.74) is 2.44. The molecule has 27 heavy (non-hydrogen) atoms. The molecule has 3 rings (SSSR count). The maximum absolute atomic E-state index is 12.8. The van der Waals surface area contributed by atoms with Crippen LogP contribution in [0.2, 0.25) is 5.02 Å². The van der Waals surface area contributed by atoms with Gasteiger partial charge in [0, 0.05) is 49.0 Å². The van der Waals surface area contributed by atoms with Crippen molar-refractivity contribution in [3.05, 3.63) is 28.3 Å². The minimum absolute atomic E-state index is 0.0160. The summed E-state index contributed by atoms with van der Waals surface area (Å²) >= 11 is 6.30. The number of hydrogen-bond acceptors (Lipinski definition) is 4. The van der Waals surface area contributed by atoms with Gasteiger partial charge >= 0.3 is 0 Å². The molecule has 0 saturated carbocycles. The quantitative estimate of drug-likeness (QED) is 0.716. The van der Waals surface area contributed by atoms with Gasteiger partial charge in [-0.3, -0.25) is 9.59 Å². The fourth-order valence-electron chi connectivity index (χ4n) is 3.99. The van der Waals surface area contributed by atoms with Crippen LogP contribution in [0.25, 0.3) is 0 Å². The first-order valence-corrected chi connectivity index (χ1v) is 9.98. The lowest BCUT2D eigenvalue weighted by molar-refractivity contribution is -0.129. The normalized spacial score (nSPS) is 25.5. The van der Waals surface area contributed by atoms with Crippen LogP contribution in [0, 0.1) is 18.8 Å². The zero-order valence-electron chi connectivity index (χ0n) is 16.4. The van der Waals surface area contributed by atoms with Crippen LogP contribution in [0.3, 0.4) is 0 Å². The van der Waals surface area contributed by atoms with Crippen LogP contribution in [-0.4, -0.2) is 50.6 Å². The van der Waals surface area contributed by atoms with E-state index in [0.29, 0.717) is 23.2 Å². The molecule has 3 N–H and O–H groups in total. The number of carbonyl (C=O) groups is 2. The van der Waals surface area contributed by atoms with Gasteiger partial charge in [0.25, 0.3) is 5.91 Å². The third-order valence-electron chi connectivity index (χ3n) is 5.90. The molecule has 1 aromatic carbocycles. The van der Waals surface area contributed by atoms with Crippen LogP contribution in [0.5, 0.6) is 0 Å². The van der Waals surface area contributed by atoms with Crippen molar-refractivity contribution < 1.29 is 9.59 Å². The predicted molar refractivity (Wildman–Crippen MR) is 108 cm³/mol. The van der Waals surface area contributed by atoms with Gasteiger partial charge in [-0.1, -0.05) is 18.5 Å². The second kappa shape index (κ2) is 8.07. The van der Waals surface area contributed by atoms with Crippen molar-refractivity contribution in [2.45, 2.75) is 39.3 Å². The van der Waals surface area contributed by atoms with Crippen LogP contribution < -0.4 is 20.9 Å². The zero-order valence-corrected chi connectivity index (χ0v) is 17.2. The van der Waals surface area contributed by atoms with Crippen molar-refractivity contribution in [3.8, 4) is 0 Å². The smallest absolute Gasteiger partial charge is 0.251 e. The van der Waals surface area contributed by atoms with Crippen LogP contribution in [0.15, 0.2) is 12.1 Å². The topological polar surface area (TPSA) is 73.5 Å². The molecule has 0 aromatic heterocycles. The third-order valence-corrected chi connectivity index (χ3v) is 6.12. The highest BCUT2D eigenvalue weighted by atomic mass is 35.5. The van der Waals surface area contributed by atoms with Gasteiger partial charge in [0.2, 0.25) is 5.91 Å². The van der Waals surface area contributed by atoms with Gasteiger partial charge in [-0.05, 0) is 43.9 Å². The molecule has 2 amide bonds. The minimum Gasteiger partial charge on any atom is -0.369 e. The standard InChI is InChI=1S/C20H29ClN4O2/c1-11-5-12(2)24-20(27)17(11)10-23-19(26)16-6-14(21)7-18(13(16)3)25(4)15-8-22-9-15/h6-7,11-12,15,17,22H,5,8-10H2,1-4H3,(H,23,26)(H,24,27). The van der Waals surface area contributed by atoms with Gasteiger partial charge in [-0.15, -0.1) is 0 Å². The molecule has 2 aliphatic rings. The molecular formula is C20H29ClN4O2. The summed E-state index contributed by atoms with van der Waals surface area (Å²) in [4.78, 5) is 27.3. The summed E-state index contributed by atoms with van der Waals surface area (Å²) in [5.74, 6) is -0.132. The van der Waals surface area contributed by atoms with Crippen molar-refractivity contribution in [1.29, 1.82) is 0 Å². The van der Waals surface area contributed by atoms with E-state index >= 15 is 0 Å². The van der Waals surface area contributed by atoms with E-state index < -0.39 is 0 Å². The number of halogens is 1. The van der Waals surface area contributed by atoms with Crippen LogP contribution >= 0.6 is 11.6 Å². The molecule has 0 spiro atoms. The van der Waals surface area contributed by atoms with Gasteiger partial charge in [-0.2, -0.15) is 0 Å². The summed E-state index contributed by atoms with van der Waals surface area (Å²) in [6.45, 7) is 8.21. The number of hydrogen-bond donors (Lipinski definition) is 3. The van der Waals surface area contributed by atoms with Crippen molar-refractivity contribution >= 4 is 29.1 Å². The Bertz CT molecular complexity index is 735. The lowest BCUT2D eigenvalue weighted by atomic mass is 9.84. The van der Waals surface area contributed by atoms with E-state index in [1.165, 1.54) is 0 Å². The first kappa shape index (κ1) is 20.0. The van der Waals surface area contributed by atoms with Gasteiger partial charge in [0.15, 0.2) is 0 Å². The Kier molecular flexibility index (Phi) is 5.96. The van der Waals surface area contributed by atoms with Crippen LogP contribution in [0.1, 0.15) is 36.2 Å². The average Bonchev–Trinajstić information content (AvgIpc) is 2.53. The Balaban J connectivity index is 1.72. The second-order valence-corrected chi connectivity index (χ2v) is 8.40. The molecule has 3 atom stereocenters. The molecule has 148 valence electrons. The largest absolute Gasteiger partial charge is 0.369 e. The molecule has 2 saturated heterocycles. The number of benzene rings is 1. The number of likely N-dealkylation sites (N-methyl/N-ethyl adjacent to an activating group) is 1. The molecule has 0 bridgehead atoms. The highest BCUT2D eigenvalue weighted by Gasteiger charge is 2.32. The van der Waals surface area contributed by atoms with Crippen molar-refractivity contribution in [1.82, 2.24) is 16.0 Å². The summed E-state index contributed by atoms with van der Waals surface area (Å²) < 4.78 is 0. The fraction of sp³-hybridized carbons (Fsp3) is 0.600. The summed E-state index contributed by atoms with van der Waals surface area (Å²) in [5, 5.41) is 9.71. The number of piperidine rings is 1. The van der Waals surface area contributed by atoms with E-state index in [4.69, 9.17) is 11.6 Å². The Morgan fingerprint density at radius 1 is 1.33 bits per heavy atom. The van der Waals surface area contributed by atoms with Gasteiger partial charge in [-0.25, -0.2) is 0 Å². The number of anilines is 1. The minimum atomic E-state index is -0.201. The van der Waals surface area contributed by atoms with E-state index in [0.717, 1.165) is 30.8 Å². The van der Waals surface area contributed by atoms with Crippen molar-refractivity contribution in [2.75, 3.05) is 31.6 Å². The molecule has 7 heteroatoms. The number of rotatable bonds is 5. The molecular weight excluding hydrogens is 364 g/mol. The van der Waals surface area contributed by atoms with E-state index in [2.05, 4.69) is 27.8 Å². The van der Waals surface area contributed by atoms with Crippen molar-refractivity contribution in [2.24, 2.45) is 11.8 Å². The molecule has 2 heterocycles. The number of nitrogens with zero attached hydrogens (tertiary/aromatic N) is 1. The Morgan fingerprint density at radius 2 is 2.04 bits per heavy atom. The van der Waals surface area contributed by atoms with Crippen LogP contribution in [0.4, 0.5) is 5.69 Å². The van der Waals surface area contributed by atoms with E-state index in [1.807, 2.05) is 27.0 Å². The third kappa shape index (κ3) is 4.22. The number of amides is 2. The number of nitrogens with one attached hydrogen (secondary N) is 3. The first-order valence-electron chi connectivity index (χ1n) is 9.60. The van der Waals surface area contributed by atoms with Gasteiger partial charge < -0.3 is 20.9 Å². The molecule has 6 nitrogen and oxygen atoms in total. The highest BCUT2D eigenvalue weighted by Crippen LogP contribution is 2.29. The van der Waals surface area contributed by atoms with E-state index in [1.54, 1.807) is 6.07 Å². The van der Waals surface area contributed by atoms with E-state index in [-0.39, 0.29) is 29.7 Å². The van der Waals surface area contributed by atoms with Crippen molar-refractivity contribution in [3.63, 3.8) is 0 Å². The maximum Gasteiger partial charge on any atom is 0.251 e. The fourth-order valence-corrected chi connectivity index (χ4v) is 4.20. The average molecular weight is 393 g/mol. The molecule has 0 radical (unpaired) electrons. The van der Waals surface area contributed by atoms with Gasteiger partial charge in [0.05, 0.1) is 12.0 Å². The second-order valence-electron chi connectivity index (χ2n) is 7.96. The van der Waals surface area contributed by atoms with Crippen LogP contribution in [-0.2, 0) is 4.79 Å². The summed E-state index contributed by atoms with van der Waals surface area (Å²) in [6, 6.07) is 4.21. The first-order chi connectivity index (χ1) is 12.8. The Labute approximate surface area is 166 Å². The molecule has 0 aliphatic carbocycles. The maximum atomic E-state index is 12.8. The van der Waals surface area contributed by atoms with E-state index in [9.17, 15) is 9.59 Å². The Morgan fingerprint density at radius 3 is 2.63 bits per heavy atom. The zero-order chi connectivity index (χ0) is 19.7. The monoisotopic (exact) mass is 392 g/mol. The molecule has 3 unspecified atom stereocenters. The van der Waals surface area contributed by atoms with Gasteiger partial charge in [0.1, 0.15) is 0 Å². The molecule has 2 aliphatic heterocycles. The Hall–Kier alpha value is -1.79. The summed E-state index contributed by atoms with van der Waals surface area (Å²) in [7, 11) is 2.03. The highest BCUT2D eigenvalue weighted by molar-refractivity contribution is 6.31. The number of carbonyl (C=O) groups excluding carboxylic acids is 2. The molecule has 1 aromatic rings. The predicted octanol–water partition coefficient (Wildman–Crippen LogP) is 1.95. The lowest BCUT2D eigenvalue weighted by Crippen LogP contribution is -2.56. The molecule has 2 fully saturated rings. The lowest BCUT2D eigenvalue weighted by Gasteiger charge is -2.38. The SMILES string of the molecule is Cc1c(C(=O)NCC2C(=O)NC(C)CC2C)cc(Cl)cc1N(C)C1CNC1.